The van der Waals surface area contributed by atoms with Crippen LogP contribution in [0, 0.1) is 5.92 Å². The molecule has 3 heterocycles. The maximum absolute atomic E-state index is 12.5. The van der Waals surface area contributed by atoms with E-state index in [1.54, 1.807) is 9.80 Å². The Labute approximate surface area is 152 Å². The predicted octanol–water partition coefficient (Wildman–Crippen LogP) is 1.37. The van der Waals surface area contributed by atoms with Gasteiger partial charge in [-0.15, -0.1) is 0 Å². The van der Waals surface area contributed by atoms with Gasteiger partial charge in [0, 0.05) is 44.8 Å². The van der Waals surface area contributed by atoms with E-state index < -0.39 is 0 Å². The van der Waals surface area contributed by atoms with Crippen molar-refractivity contribution in [3.8, 4) is 0 Å². The van der Waals surface area contributed by atoms with Crippen LogP contribution >= 0.6 is 0 Å². The number of hydrogen-bond donors (Lipinski definition) is 1. The van der Waals surface area contributed by atoms with Crippen LogP contribution < -0.4 is 5.32 Å². The Morgan fingerprint density at radius 1 is 0.962 bits per heavy atom. The highest BCUT2D eigenvalue weighted by Gasteiger charge is 2.44. The van der Waals surface area contributed by atoms with Crippen LogP contribution in [0.1, 0.15) is 19.3 Å². The highest BCUT2D eigenvalue weighted by Crippen LogP contribution is 2.27. The Balaban J connectivity index is 1.28. The minimum Gasteiger partial charge on any atom is -0.342 e. The summed E-state index contributed by atoms with van der Waals surface area (Å²) in [6.45, 7) is 3.18. The quantitative estimate of drug-likeness (QED) is 0.889. The maximum Gasteiger partial charge on any atom is 0.321 e. The van der Waals surface area contributed by atoms with Crippen molar-refractivity contribution in [1.29, 1.82) is 0 Å². The van der Waals surface area contributed by atoms with E-state index >= 15 is 0 Å². The fourth-order valence-electron chi connectivity index (χ4n) is 3.99. The lowest BCUT2D eigenvalue weighted by atomic mass is 10.1. The zero-order valence-electron chi connectivity index (χ0n) is 14.8. The molecule has 3 aliphatic rings. The van der Waals surface area contributed by atoms with Gasteiger partial charge in [-0.05, 0) is 25.0 Å². The molecule has 0 spiro atoms. The summed E-state index contributed by atoms with van der Waals surface area (Å²) >= 11 is 0. The molecule has 1 N–H and O–H groups in total. The highest BCUT2D eigenvalue weighted by molar-refractivity contribution is 5.91. The van der Waals surface area contributed by atoms with Crippen LogP contribution in [0.25, 0.3) is 0 Å². The van der Waals surface area contributed by atoms with Crippen molar-refractivity contribution in [2.45, 2.75) is 25.3 Å². The van der Waals surface area contributed by atoms with Gasteiger partial charge in [0.1, 0.15) is 0 Å². The summed E-state index contributed by atoms with van der Waals surface area (Å²) in [5.74, 6) is -0.0557. The van der Waals surface area contributed by atoms with Gasteiger partial charge in [-0.25, -0.2) is 4.79 Å². The molecule has 1 atom stereocenters. The summed E-state index contributed by atoms with van der Waals surface area (Å²) < 4.78 is 0. The molecule has 1 aromatic carbocycles. The van der Waals surface area contributed by atoms with Crippen molar-refractivity contribution in [3.05, 3.63) is 30.3 Å². The van der Waals surface area contributed by atoms with E-state index in [2.05, 4.69) is 5.32 Å². The zero-order valence-corrected chi connectivity index (χ0v) is 14.8. The van der Waals surface area contributed by atoms with Crippen molar-refractivity contribution in [1.82, 2.24) is 14.7 Å². The molecule has 0 aliphatic carbocycles. The Morgan fingerprint density at radius 3 is 2.35 bits per heavy atom. The van der Waals surface area contributed by atoms with Gasteiger partial charge in [-0.3, -0.25) is 9.59 Å². The largest absolute Gasteiger partial charge is 0.342 e. The standard InChI is InChI=1S/C19H24N4O3/c24-17-10-14(18(25)21-8-4-5-9-21)11-23(17)16-12-22(13-16)19(26)20-15-6-2-1-3-7-15/h1-3,6-7,14,16H,4-5,8-13H2,(H,20,26). The molecule has 0 saturated carbocycles. The van der Waals surface area contributed by atoms with Crippen molar-refractivity contribution in [2.75, 3.05) is 38.0 Å². The molecular weight excluding hydrogens is 332 g/mol. The second-order valence-electron chi connectivity index (χ2n) is 7.33. The first-order valence-electron chi connectivity index (χ1n) is 9.31. The Morgan fingerprint density at radius 2 is 1.65 bits per heavy atom. The summed E-state index contributed by atoms with van der Waals surface area (Å²) in [7, 11) is 0. The number of anilines is 1. The molecule has 0 bridgehead atoms. The number of nitrogens with zero attached hydrogens (tertiary/aromatic N) is 3. The highest BCUT2D eigenvalue weighted by atomic mass is 16.2. The first-order chi connectivity index (χ1) is 12.6. The molecule has 0 aromatic heterocycles. The summed E-state index contributed by atoms with van der Waals surface area (Å²) in [6, 6.07) is 9.20. The van der Waals surface area contributed by atoms with E-state index in [1.807, 2.05) is 35.2 Å². The number of nitrogens with one attached hydrogen (secondary N) is 1. The fraction of sp³-hybridized carbons (Fsp3) is 0.526. The minimum atomic E-state index is -0.215. The van der Waals surface area contributed by atoms with E-state index in [4.69, 9.17) is 0 Å². The van der Waals surface area contributed by atoms with Gasteiger partial charge in [-0.1, -0.05) is 18.2 Å². The topological polar surface area (TPSA) is 73.0 Å². The number of para-hydroxylation sites is 1. The van der Waals surface area contributed by atoms with Crippen molar-refractivity contribution in [3.63, 3.8) is 0 Å². The minimum absolute atomic E-state index is 0.0281. The summed E-state index contributed by atoms with van der Waals surface area (Å²) in [4.78, 5) is 42.5. The van der Waals surface area contributed by atoms with E-state index in [-0.39, 0.29) is 29.8 Å². The summed E-state index contributed by atoms with van der Waals surface area (Å²) in [6.07, 6.45) is 2.43. The number of benzene rings is 1. The Hall–Kier alpha value is -2.57. The first kappa shape index (κ1) is 16.9. The van der Waals surface area contributed by atoms with Crippen molar-refractivity contribution >= 4 is 23.5 Å². The zero-order chi connectivity index (χ0) is 18.1. The number of likely N-dealkylation sites (tertiary alicyclic amines) is 3. The molecule has 0 radical (unpaired) electrons. The van der Waals surface area contributed by atoms with E-state index in [1.165, 1.54) is 0 Å². The smallest absolute Gasteiger partial charge is 0.321 e. The van der Waals surface area contributed by atoms with Crippen molar-refractivity contribution in [2.24, 2.45) is 5.92 Å². The Bertz CT molecular complexity index is 696. The van der Waals surface area contributed by atoms with Crippen LogP contribution in [0.2, 0.25) is 0 Å². The van der Waals surface area contributed by atoms with Crippen LogP contribution in [0.3, 0.4) is 0 Å². The van der Waals surface area contributed by atoms with E-state index in [9.17, 15) is 14.4 Å². The fourth-order valence-corrected chi connectivity index (χ4v) is 3.99. The number of rotatable bonds is 3. The monoisotopic (exact) mass is 356 g/mol. The lowest BCUT2D eigenvalue weighted by Crippen LogP contribution is -2.62. The van der Waals surface area contributed by atoms with Crippen LogP contribution in [-0.2, 0) is 9.59 Å². The molecule has 1 aromatic rings. The molecule has 7 heteroatoms. The van der Waals surface area contributed by atoms with Gasteiger partial charge in [0.25, 0.3) is 0 Å². The molecule has 3 saturated heterocycles. The molecule has 1 unspecified atom stereocenters. The van der Waals surface area contributed by atoms with Crippen molar-refractivity contribution < 1.29 is 14.4 Å². The molecule has 4 rings (SSSR count). The first-order valence-corrected chi connectivity index (χ1v) is 9.31. The second kappa shape index (κ2) is 6.97. The number of amides is 4. The lowest BCUT2D eigenvalue weighted by molar-refractivity contribution is -0.135. The molecular formula is C19H24N4O3. The average Bonchev–Trinajstić information content (AvgIpc) is 3.24. The molecule has 4 amide bonds. The molecule has 3 aliphatic heterocycles. The van der Waals surface area contributed by atoms with Crippen LogP contribution in [0.5, 0.6) is 0 Å². The van der Waals surface area contributed by atoms with Crippen LogP contribution in [0.4, 0.5) is 10.5 Å². The van der Waals surface area contributed by atoms with Gasteiger partial charge in [0.2, 0.25) is 11.8 Å². The van der Waals surface area contributed by atoms with Gasteiger partial charge in [0.15, 0.2) is 0 Å². The second-order valence-corrected chi connectivity index (χ2v) is 7.33. The summed E-state index contributed by atoms with van der Waals surface area (Å²) in [5.41, 5.74) is 0.759. The van der Waals surface area contributed by atoms with Crippen LogP contribution in [-0.4, -0.2) is 71.3 Å². The Kier molecular flexibility index (Phi) is 4.53. The van der Waals surface area contributed by atoms with Gasteiger partial charge in [0.05, 0.1) is 12.0 Å². The predicted molar refractivity (Wildman–Crippen MR) is 96.5 cm³/mol. The van der Waals surface area contributed by atoms with E-state index in [0.29, 0.717) is 26.1 Å². The maximum atomic E-state index is 12.5. The number of hydrogen-bond acceptors (Lipinski definition) is 3. The van der Waals surface area contributed by atoms with E-state index in [0.717, 1.165) is 31.6 Å². The lowest BCUT2D eigenvalue weighted by Gasteiger charge is -2.43. The normalized spacial score (nSPS) is 23.3. The molecule has 3 fully saturated rings. The summed E-state index contributed by atoms with van der Waals surface area (Å²) in [5, 5.41) is 2.85. The third-order valence-electron chi connectivity index (χ3n) is 5.54. The SMILES string of the molecule is O=C(Nc1ccccc1)N1CC(N2CC(C(=O)N3CCCC3)CC2=O)C1. The molecule has 7 nitrogen and oxygen atoms in total. The molecule has 26 heavy (non-hydrogen) atoms. The number of carbonyl (C=O) groups is 3. The molecule has 138 valence electrons. The van der Waals surface area contributed by atoms with Gasteiger partial charge in [-0.2, -0.15) is 0 Å². The third-order valence-corrected chi connectivity index (χ3v) is 5.54. The van der Waals surface area contributed by atoms with Gasteiger partial charge >= 0.3 is 6.03 Å². The third kappa shape index (κ3) is 3.25. The van der Waals surface area contributed by atoms with Gasteiger partial charge < -0.3 is 20.0 Å². The van der Waals surface area contributed by atoms with Crippen LogP contribution in [0.15, 0.2) is 30.3 Å². The number of urea groups is 1. The number of carbonyl (C=O) groups excluding carboxylic acids is 3. The average molecular weight is 356 g/mol.